The fourth-order valence-electron chi connectivity index (χ4n) is 1.66. The van der Waals surface area contributed by atoms with Crippen molar-refractivity contribution in [3.8, 4) is 17.6 Å². The summed E-state index contributed by atoms with van der Waals surface area (Å²) in [5.74, 6) is 1.02. The summed E-state index contributed by atoms with van der Waals surface area (Å²) < 4.78 is 17.4. The Balaban J connectivity index is 1.77. The number of hydrogen-bond donors (Lipinski definition) is 0. The van der Waals surface area contributed by atoms with Crippen LogP contribution in [0.15, 0.2) is 55.0 Å². The number of halogens is 3. The first-order chi connectivity index (χ1) is 12.1. The Labute approximate surface area is 168 Å². The molecule has 0 N–H and O–H groups in total. The van der Waals surface area contributed by atoms with Crippen LogP contribution in [0.1, 0.15) is 0 Å². The maximum atomic E-state index is 5.83. The van der Waals surface area contributed by atoms with Gasteiger partial charge in [0.05, 0.1) is 0 Å². The second-order valence-electron chi connectivity index (χ2n) is 4.59. The van der Waals surface area contributed by atoms with Crippen LogP contribution in [0.4, 0.5) is 0 Å². The predicted molar refractivity (Wildman–Crippen MR) is 95.4 cm³/mol. The third-order valence-corrected chi connectivity index (χ3v) is 7.14. The Kier molecular flexibility index (Phi) is 6.47. The normalized spacial score (nSPS) is 10.2. The summed E-state index contributed by atoms with van der Waals surface area (Å²) in [4.78, 5) is 12.3. The first-order valence-corrected chi connectivity index (χ1v) is 12.1. The molecule has 25 heavy (non-hydrogen) atoms. The molecule has 0 saturated carbocycles. The van der Waals surface area contributed by atoms with Crippen LogP contribution < -0.4 is 8.56 Å². The minimum absolute atomic E-state index is 0.341. The first-order valence-electron chi connectivity index (χ1n) is 6.93. The van der Waals surface area contributed by atoms with Crippen molar-refractivity contribution in [2.24, 2.45) is 0 Å². The third kappa shape index (κ3) is 5.81. The summed E-state index contributed by atoms with van der Waals surface area (Å²) in [6.07, 6.45) is 4.42. The van der Waals surface area contributed by atoms with Gasteiger partial charge in [0, 0.05) is 0 Å². The van der Waals surface area contributed by atoms with Gasteiger partial charge >= 0.3 is 169 Å². The average molecular weight is 500 g/mol. The average Bonchev–Trinajstić information content (AvgIpc) is 2.61. The molecule has 3 aromatic rings. The molecule has 0 radical (unpaired) electrons. The standard InChI is InChI=1S/3C5H4ClNO.In/c3*6-4-1-2-5(8)7-3-4;/h3*1-3H,(H,7,8);/q;;;+3/p-3. The number of pyridine rings is 3. The molecule has 0 atom stereocenters. The summed E-state index contributed by atoms with van der Waals surface area (Å²) in [5, 5.41) is 1.50. The van der Waals surface area contributed by atoms with Gasteiger partial charge in [-0.15, -0.1) is 0 Å². The zero-order valence-electron chi connectivity index (χ0n) is 12.5. The molecule has 3 rings (SSSR count). The number of hydrogen-bond acceptors (Lipinski definition) is 6. The molecular formula is C15H9Cl3InN3O3. The van der Waals surface area contributed by atoms with Gasteiger partial charge in [-0.3, -0.25) is 0 Å². The fourth-order valence-corrected chi connectivity index (χ4v) is 5.29. The minimum atomic E-state index is -3.59. The molecule has 3 aromatic heterocycles. The molecule has 0 aliphatic rings. The van der Waals surface area contributed by atoms with Gasteiger partial charge in [-0.1, -0.05) is 0 Å². The van der Waals surface area contributed by atoms with E-state index in [9.17, 15) is 0 Å². The van der Waals surface area contributed by atoms with Crippen molar-refractivity contribution in [2.45, 2.75) is 0 Å². The van der Waals surface area contributed by atoms with Crippen LogP contribution in [0.25, 0.3) is 0 Å². The van der Waals surface area contributed by atoms with Crippen LogP contribution in [-0.2, 0) is 0 Å². The Bertz CT molecular complexity index is 707. The van der Waals surface area contributed by atoms with Crippen molar-refractivity contribution in [1.82, 2.24) is 15.0 Å². The quantitative estimate of drug-likeness (QED) is 0.502. The van der Waals surface area contributed by atoms with E-state index in [4.69, 9.17) is 43.4 Å². The van der Waals surface area contributed by atoms with Crippen molar-refractivity contribution in [1.29, 1.82) is 0 Å². The molecule has 10 heteroatoms. The molecule has 0 spiro atoms. The Hall–Kier alpha value is -1.41. The second-order valence-corrected chi connectivity index (χ2v) is 9.56. The van der Waals surface area contributed by atoms with Crippen LogP contribution in [0, 0.1) is 0 Å². The summed E-state index contributed by atoms with van der Waals surface area (Å²) >= 11 is 13.9. The maximum absolute atomic E-state index is 5.83. The third-order valence-electron chi connectivity index (χ3n) is 2.75. The summed E-state index contributed by atoms with van der Waals surface area (Å²) in [7, 11) is 0. The van der Waals surface area contributed by atoms with Gasteiger partial charge in [0.25, 0.3) is 0 Å². The number of nitrogens with zero attached hydrogens (tertiary/aromatic N) is 3. The zero-order chi connectivity index (χ0) is 17.6. The molecule has 3 heterocycles. The molecule has 0 fully saturated rings. The van der Waals surface area contributed by atoms with Crippen LogP contribution in [0.2, 0.25) is 15.1 Å². The van der Waals surface area contributed by atoms with Crippen molar-refractivity contribution in [2.75, 3.05) is 0 Å². The summed E-state index contributed by atoms with van der Waals surface area (Å²) in [6, 6.07) is 9.87. The molecule has 0 saturated heterocycles. The van der Waals surface area contributed by atoms with E-state index in [2.05, 4.69) is 15.0 Å². The SMILES string of the molecule is Clc1ccc([O][In]([O]c2ccc(Cl)cn2)[O]c2ccc(Cl)cn2)nc1. The van der Waals surface area contributed by atoms with Gasteiger partial charge in [-0.25, -0.2) is 0 Å². The number of aromatic nitrogens is 3. The fraction of sp³-hybridized carbons (Fsp3) is 0. The van der Waals surface area contributed by atoms with E-state index in [1.54, 1.807) is 36.4 Å². The summed E-state index contributed by atoms with van der Waals surface area (Å²) in [5.41, 5.74) is 0. The molecule has 0 aliphatic carbocycles. The topological polar surface area (TPSA) is 66.4 Å². The van der Waals surface area contributed by atoms with Crippen LogP contribution in [0.3, 0.4) is 0 Å². The van der Waals surface area contributed by atoms with Crippen LogP contribution >= 0.6 is 34.8 Å². The number of rotatable bonds is 6. The molecule has 0 amide bonds. The van der Waals surface area contributed by atoms with Crippen molar-refractivity contribution < 1.29 is 8.56 Å². The van der Waals surface area contributed by atoms with Crippen molar-refractivity contribution in [3.63, 3.8) is 0 Å². The molecule has 0 aliphatic heterocycles. The van der Waals surface area contributed by atoms with E-state index in [1.165, 1.54) is 18.6 Å². The van der Waals surface area contributed by atoms with E-state index >= 15 is 0 Å². The molecule has 0 aromatic carbocycles. The molecule has 6 nitrogen and oxygen atoms in total. The Morgan fingerprint density at radius 1 is 0.560 bits per heavy atom. The monoisotopic (exact) mass is 499 g/mol. The molecular weight excluding hydrogens is 491 g/mol. The van der Waals surface area contributed by atoms with Gasteiger partial charge in [-0.2, -0.15) is 0 Å². The van der Waals surface area contributed by atoms with E-state index in [0.717, 1.165) is 0 Å². The van der Waals surface area contributed by atoms with Gasteiger partial charge in [-0.05, 0) is 0 Å². The summed E-state index contributed by atoms with van der Waals surface area (Å²) in [6.45, 7) is 0. The Morgan fingerprint density at radius 2 is 0.880 bits per heavy atom. The molecule has 0 unspecified atom stereocenters. The Morgan fingerprint density at radius 3 is 1.12 bits per heavy atom. The molecule has 126 valence electrons. The molecule has 0 bridgehead atoms. The van der Waals surface area contributed by atoms with Gasteiger partial charge in [0.2, 0.25) is 0 Å². The first kappa shape index (κ1) is 18.4. The van der Waals surface area contributed by atoms with Gasteiger partial charge < -0.3 is 0 Å². The van der Waals surface area contributed by atoms with Crippen molar-refractivity contribution >= 4 is 57.5 Å². The second kappa shape index (κ2) is 8.80. The zero-order valence-corrected chi connectivity index (χ0v) is 18.0. The van der Waals surface area contributed by atoms with E-state index in [1.807, 2.05) is 0 Å². The van der Waals surface area contributed by atoms with Gasteiger partial charge in [0.1, 0.15) is 0 Å². The van der Waals surface area contributed by atoms with Crippen molar-refractivity contribution in [3.05, 3.63) is 70.1 Å². The predicted octanol–water partition coefficient (Wildman–Crippen LogP) is 4.35. The van der Waals surface area contributed by atoms with E-state index in [0.29, 0.717) is 32.7 Å². The van der Waals surface area contributed by atoms with Gasteiger partial charge in [0.15, 0.2) is 0 Å². The van der Waals surface area contributed by atoms with E-state index in [-0.39, 0.29) is 0 Å². The van der Waals surface area contributed by atoms with Crippen LogP contribution in [0.5, 0.6) is 17.6 Å². The van der Waals surface area contributed by atoms with E-state index < -0.39 is 22.7 Å². The van der Waals surface area contributed by atoms with Crippen LogP contribution in [-0.4, -0.2) is 37.7 Å².